The van der Waals surface area contributed by atoms with E-state index in [0.29, 0.717) is 35.5 Å². The van der Waals surface area contributed by atoms with Crippen LogP contribution in [0.1, 0.15) is 43.7 Å². The standard InChI is InChI=1S/C24H24N2O5/c1-13-11-17(18(24(29)30)12-14(13)2)22(27)25-26-23(28)21-15-7-3-5-9-19(15)31-20-10-6-4-8-16(20)21/h3-10,17-18,21H,11-12H2,1-2H3,(H,25,27)(H,26,28)(H,29,30). The van der Waals surface area contributed by atoms with Gasteiger partial charge in [-0.05, 0) is 38.8 Å². The van der Waals surface area contributed by atoms with Crippen LogP contribution < -0.4 is 15.6 Å². The first-order chi connectivity index (χ1) is 14.9. The monoisotopic (exact) mass is 420 g/mol. The van der Waals surface area contributed by atoms with Gasteiger partial charge in [-0.1, -0.05) is 47.5 Å². The molecule has 7 heteroatoms. The van der Waals surface area contributed by atoms with Crippen LogP contribution in [0.5, 0.6) is 11.5 Å². The number of benzene rings is 2. The summed E-state index contributed by atoms with van der Waals surface area (Å²) < 4.78 is 5.90. The van der Waals surface area contributed by atoms with Crippen LogP contribution in [0, 0.1) is 11.8 Å². The number of aliphatic carboxylic acids is 1. The Balaban J connectivity index is 1.53. The molecule has 2 aliphatic rings. The molecule has 1 heterocycles. The maximum Gasteiger partial charge on any atom is 0.307 e. The van der Waals surface area contributed by atoms with E-state index in [1.54, 1.807) is 12.1 Å². The summed E-state index contributed by atoms with van der Waals surface area (Å²) >= 11 is 0. The Bertz CT molecular complexity index is 1050. The molecule has 31 heavy (non-hydrogen) atoms. The highest BCUT2D eigenvalue weighted by molar-refractivity contribution is 5.92. The third kappa shape index (κ3) is 3.91. The maximum absolute atomic E-state index is 13.1. The molecule has 2 amide bonds. The number of hydrogen-bond acceptors (Lipinski definition) is 4. The van der Waals surface area contributed by atoms with Crippen molar-refractivity contribution in [2.45, 2.75) is 32.6 Å². The summed E-state index contributed by atoms with van der Waals surface area (Å²) in [5.41, 5.74) is 8.38. The minimum atomic E-state index is -1.01. The Morgan fingerprint density at radius 2 is 1.29 bits per heavy atom. The number of carbonyl (C=O) groups excluding carboxylic acids is 2. The van der Waals surface area contributed by atoms with E-state index in [9.17, 15) is 19.5 Å². The van der Waals surface area contributed by atoms with Crippen LogP contribution >= 0.6 is 0 Å². The van der Waals surface area contributed by atoms with E-state index in [2.05, 4.69) is 10.9 Å². The molecule has 1 aliphatic carbocycles. The lowest BCUT2D eigenvalue weighted by Gasteiger charge is -2.30. The Hall–Kier alpha value is -3.61. The molecule has 2 unspecified atom stereocenters. The lowest BCUT2D eigenvalue weighted by molar-refractivity contribution is -0.148. The summed E-state index contributed by atoms with van der Waals surface area (Å²) in [6.07, 6.45) is 0.682. The first-order valence-corrected chi connectivity index (χ1v) is 10.2. The highest BCUT2D eigenvalue weighted by Gasteiger charge is 2.38. The summed E-state index contributed by atoms with van der Waals surface area (Å²) in [4.78, 5) is 37.6. The van der Waals surface area contributed by atoms with Gasteiger partial charge in [0, 0.05) is 11.1 Å². The molecule has 0 spiro atoms. The number of ether oxygens (including phenoxy) is 1. The number of hydrazine groups is 1. The van der Waals surface area contributed by atoms with Gasteiger partial charge in [-0.2, -0.15) is 0 Å². The van der Waals surface area contributed by atoms with Crippen LogP contribution in [0.2, 0.25) is 0 Å². The van der Waals surface area contributed by atoms with Gasteiger partial charge in [-0.25, -0.2) is 0 Å². The van der Waals surface area contributed by atoms with Gasteiger partial charge in [0.1, 0.15) is 11.5 Å². The zero-order valence-electron chi connectivity index (χ0n) is 17.3. The number of para-hydroxylation sites is 2. The lowest BCUT2D eigenvalue weighted by Crippen LogP contribution is -2.49. The molecule has 4 rings (SSSR count). The van der Waals surface area contributed by atoms with E-state index in [1.807, 2.05) is 50.2 Å². The quantitative estimate of drug-likeness (QED) is 0.521. The molecule has 160 valence electrons. The first kappa shape index (κ1) is 20.7. The van der Waals surface area contributed by atoms with Crippen molar-refractivity contribution in [3.63, 3.8) is 0 Å². The normalized spacial score (nSPS) is 20.2. The van der Waals surface area contributed by atoms with Gasteiger partial charge in [0.05, 0.1) is 17.8 Å². The highest BCUT2D eigenvalue weighted by Crippen LogP contribution is 2.43. The van der Waals surface area contributed by atoms with Crippen molar-refractivity contribution in [3.05, 3.63) is 70.8 Å². The number of nitrogens with one attached hydrogen (secondary N) is 2. The highest BCUT2D eigenvalue weighted by atomic mass is 16.5. The maximum atomic E-state index is 13.1. The molecular formula is C24H24N2O5. The molecule has 0 saturated carbocycles. The largest absolute Gasteiger partial charge is 0.481 e. The van der Waals surface area contributed by atoms with Crippen molar-refractivity contribution in [2.75, 3.05) is 0 Å². The summed E-state index contributed by atoms with van der Waals surface area (Å²) in [7, 11) is 0. The van der Waals surface area contributed by atoms with E-state index in [4.69, 9.17) is 4.74 Å². The van der Waals surface area contributed by atoms with Gasteiger partial charge >= 0.3 is 5.97 Å². The number of carboxylic acid groups (broad SMARTS) is 1. The second-order valence-corrected chi connectivity index (χ2v) is 8.11. The topological polar surface area (TPSA) is 105 Å². The number of carbonyl (C=O) groups is 3. The van der Waals surface area contributed by atoms with Crippen molar-refractivity contribution in [3.8, 4) is 11.5 Å². The smallest absolute Gasteiger partial charge is 0.307 e. The fourth-order valence-electron chi connectivity index (χ4n) is 4.31. The minimum absolute atomic E-state index is 0.327. The molecule has 2 aromatic carbocycles. The van der Waals surface area contributed by atoms with E-state index in [1.165, 1.54) is 0 Å². The Kier molecular flexibility index (Phi) is 5.50. The van der Waals surface area contributed by atoms with Crippen LogP contribution in [-0.4, -0.2) is 22.9 Å². The van der Waals surface area contributed by atoms with Gasteiger partial charge in [0.15, 0.2) is 0 Å². The zero-order valence-corrected chi connectivity index (χ0v) is 17.3. The van der Waals surface area contributed by atoms with Crippen molar-refractivity contribution in [1.82, 2.24) is 10.9 Å². The molecule has 0 aromatic heterocycles. The molecule has 1 aliphatic heterocycles. The number of carboxylic acids is 1. The molecular weight excluding hydrogens is 396 g/mol. The minimum Gasteiger partial charge on any atom is -0.481 e. The molecule has 2 aromatic rings. The third-order valence-electron chi connectivity index (χ3n) is 6.17. The molecule has 7 nitrogen and oxygen atoms in total. The number of allylic oxidation sites excluding steroid dienone is 2. The Morgan fingerprint density at radius 1 is 0.806 bits per heavy atom. The molecule has 0 radical (unpaired) electrons. The SMILES string of the molecule is CC1=C(C)CC(C(=O)NNC(=O)C2c3ccccc3Oc3ccccc32)C(C(=O)O)C1. The predicted octanol–water partition coefficient (Wildman–Crippen LogP) is 3.52. The van der Waals surface area contributed by atoms with E-state index < -0.39 is 35.5 Å². The molecule has 0 bridgehead atoms. The number of rotatable bonds is 3. The van der Waals surface area contributed by atoms with E-state index in [-0.39, 0.29) is 0 Å². The average Bonchev–Trinajstić information content (AvgIpc) is 2.76. The van der Waals surface area contributed by atoms with Gasteiger partial charge in [-0.15, -0.1) is 0 Å². The van der Waals surface area contributed by atoms with Gasteiger partial charge in [0.25, 0.3) is 5.91 Å². The Morgan fingerprint density at radius 3 is 1.84 bits per heavy atom. The predicted molar refractivity (Wildman–Crippen MR) is 113 cm³/mol. The van der Waals surface area contributed by atoms with Gasteiger partial charge in [0.2, 0.25) is 5.91 Å². The lowest BCUT2D eigenvalue weighted by atomic mass is 9.76. The summed E-state index contributed by atoms with van der Waals surface area (Å²) in [6, 6.07) is 14.5. The third-order valence-corrected chi connectivity index (χ3v) is 6.17. The second-order valence-electron chi connectivity index (χ2n) is 8.11. The van der Waals surface area contributed by atoms with Crippen molar-refractivity contribution in [2.24, 2.45) is 11.8 Å². The Labute approximate surface area is 180 Å². The van der Waals surface area contributed by atoms with Crippen molar-refractivity contribution >= 4 is 17.8 Å². The van der Waals surface area contributed by atoms with Crippen LogP contribution in [0.25, 0.3) is 0 Å². The van der Waals surface area contributed by atoms with Gasteiger partial charge in [-0.3, -0.25) is 25.2 Å². The molecule has 0 saturated heterocycles. The fourth-order valence-corrected chi connectivity index (χ4v) is 4.31. The van der Waals surface area contributed by atoms with Crippen LogP contribution in [-0.2, 0) is 14.4 Å². The number of amides is 2. The van der Waals surface area contributed by atoms with Crippen LogP contribution in [0.15, 0.2) is 59.7 Å². The fraction of sp³-hybridized carbons (Fsp3) is 0.292. The summed E-state index contributed by atoms with van der Waals surface area (Å²) in [6.45, 7) is 3.80. The summed E-state index contributed by atoms with van der Waals surface area (Å²) in [5.74, 6) is -2.97. The van der Waals surface area contributed by atoms with E-state index in [0.717, 1.165) is 11.1 Å². The first-order valence-electron chi connectivity index (χ1n) is 10.2. The molecule has 2 atom stereocenters. The van der Waals surface area contributed by atoms with Crippen LogP contribution in [0.4, 0.5) is 0 Å². The van der Waals surface area contributed by atoms with Crippen LogP contribution in [0.3, 0.4) is 0 Å². The van der Waals surface area contributed by atoms with Gasteiger partial charge < -0.3 is 9.84 Å². The van der Waals surface area contributed by atoms with Crippen molar-refractivity contribution < 1.29 is 24.2 Å². The number of fused-ring (bicyclic) bond motifs is 2. The van der Waals surface area contributed by atoms with E-state index >= 15 is 0 Å². The van der Waals surface area contributed by atoms with Crippen molar-refractivity contribution in [1.29, 1.82) is 0 Å². The average molecular weight is 420 g/mol. The molecule has 3 N–H and O–H groups in total. The summed E-state index contributed by atoms with van der Waals surface area (Å²) in [5, 5.41) is 9.56. The second kappa shape index (κ2) is 8.26. The number of hydrogen-bond donors (Lipinski definition) is 3. The zero-order chi connectivity index (χ0) is 22.1. The molecule has 0 fully saturated rings.